The summed E-state index contributed by atoms with van der Waals surface area (Å²) in [6, 6.07) is 31.8. The van der Waals surface area contributed by atoms with Gasteiger partial charge in [0.2, 0.25) is 18.6 Å². The van der Waals surface area contributed by atoms with Crippen LogP contribution in [0.3, 0.4) is 0 Å². The summed E-state index contributed by atoms with van der Waals surface area (Å²) in [5.41, 5.74) is 5.55. The summed E-state index contributed by atoms with van der Waals surface area (Å²) in [5.74, 6) is 3.06. The molecule has 4 aromatic rings. The SMILES string of the molecule is CC.CC.CC.CC.O=C(NC1=Nc2ccccc2C1)C1(c2ccc3c(c2)OCO3)CC1.O=C(NC1=Nc2ccccc2C1)C1(c2ccccc2)CC1. The molecule has 2 fully saturated rings. The lowest BCUT2D eigenvalue weighted by Gasteiger charge is -2.16. The highest BCUT2D eigenvalue weighted by atomic mass is 16.7. The average molecular weight is 717 g/mol. The Morgan fingerprint density at radius 1 is 0.528 bits per heavy atom. The lowest BCUT2D eigenvalue weighted by Crippen LogP contribution is -2.38. The van der Waals surface area contributed by atoms with E-state index in [0.29, 0.717) is 12.8 Å². The normalized spacial score (nSPS) is 16.0. The number of benzene rings is 4. The van der Waals surface area contributed by atoms with Crippen molar-refractivity contribution in [1.29, 1.82) is 0 Å². The third-order valence-corrected chi connectivity index (χ3v) is 9.35. The van der Waals surface area contributed by atoms with Crippen molar-refractivity contribution in [3.63, 3.8) is 0 Å². The number of rotatable bonds is 4. The molecule has 280 valence electrons. The first-order valence-corrected chi connectivity index (χ1v) is 19.4. The summed E-state index contributed by atoms with van der Waals surface area (Å²) in [4.78, 5) is 34.5. The second-order valence-corrected chi connectivity index (χ2v) is 12.2. The van der Waals surface area contributed by atoms with Gasteiger partial charge < -0.3 is 20.1 Å². The zero-order valence-corrected chi connectivity index (χ0v) is 32.7. The van der Waals surface area contributed by atoms with Crippen LogP contribution in [0.15, 0.2) is 107 Å². The van der Waals surface area contributed by atoms with Crippen LogP contribution in [0, 0.1) is 0 Å². The number of para-hydroxylation sites is 2. The van der Waals surface area contributed by atoms with Crippen LogP contribution in [0.1, 0.15) is 103 Å². The molecule has 2 N–H and O–H groups in total. The van der Waals surface area contributed by atoms with Gasteiger partial charge >= 0.3 is 0 Å². The zero-order chi connectivity index (χ0) is 38.4. The van der Waals surface area contributed by atoms with Gasteiger partial charge in [0.1, 0.15) is 11.7 Å². The lowest BCUT2D eigenvalue weighted by molar-refractivity contribution is -0.123. The molecule has 8 nitrogen and oxygen atoms in total. The van der Waals surface area contributed by atoms with Gasteiger partial charge in [-0.2, -0.15) is 0 Å². The van der Waals surface area contributed by atoms with E-state index in [1.807, 2.05) is 146 Å². The molecule has 0 radical (unpaired) electrons. The van der Waals surface area contributed by atoms with Crippen LogP contribution < -0.4 is 20.1 Å². The van der Waals surface area contributed by atoms with Crippen molar-refractivity contribution in [2.75, 3.05) is 6.79 Å². The van der Waals surface area contributed by atoms with Gasteiger partial charge in [0, 0.05) is 12.8 Å². The topological polar surface area (TPSA) is 101 Å². The first-order valence-electron chi connectivity index (χ1n) is 19.4. The molecule has 2 saturated carbocycles. The van der Waals surface area contributed by atoms with Gasteiger partial charge in [0.25, 0.3) is 0 Å². The largest absolute Gasteiger partial charge is 0.454 e. The van der Waals surface area contributed by atoms with E-state index >= 15 is 0 Å². The van der Waals surface area contributed by atoms with E-state index in [4.69, 9.17) is 9.47 Å². The molecule has 0 aromatic heterocycles. The third kappa shape index (κ3) is 9.05. The van der Waals surface area contributed by atoms with E-state index in [-0.39, 0.29) is 24.0 Å². The maximum atomic E-state index is 12.9. The Morgan fingerprint density at radius 2 is 0.962 bits per heavy atom. The first-order chi connectivity index (χ1) is 26.0. The number of amides is 2. The summed E-state index contributed by atoms with van der Waals surface area (Å²) < 4.78 is 10.8. The third-order valence-electron chi connectivity index (χ3n) is 9.35. The van der Waals surface area contributed by atoms with Gasteiger partial charge in [-0.25, -0.2) is 9.98 Å². The number of nitrogens with zero attached hydrogens (tertiary/aromatic N) is 2. The number of carbonyl (C=O) groups is 2. The first kappa shape index (κ1) is 40.5. The molecule has 53 heavy (non-hydrogen) atoms. The number of fused-ring (bicyclic) bond motifs is 3. The van der Waals surface area contributed by atoms with Crippen LogP contribution in [0.25, 0.3) is 0 Å². The molecule has 0 bridgehead atoms. The number of ether oxygens (including phenoxy) is 2. The molecule has 5 aliphatic rings. The van der Waals surface area contributed by atoms with E-state index in [9.17, 15) is 9.59 Å². The molecule has 9 rings (SSSR count). The Morgan fingerprint density at radius 3 is 1.43 bits per heavy atom. The van der Waals surface area contributed by atoms with Crippen LogP contribution in [0.4, 0.5) is 11.4 Å². The van der Waals surface area contributed by atoms with E-state index in [2.05, 4.69) is 26.7 Å². The molecule has 0 saturated heterocycles. The van der Waals surface area contributed by atoms with Crippen LogP contribution >= 0.6 is 0 Å². The molecule has 0 atom stereocenters. The van der Waals surface area contributed by atoms with Crippen LogP contribution in [-0.4, -0.2) is 30.3 Å². The molecular weight excluding hydrogens is 661 g/mol. The number of aliphatic imine (C=N–C) groups is 2. The highest BCUT2D eigenvalue weighted by Gasteiger charge is 2.52. The summed E-state index contributed by atoms with van der Waals surface area (Å²) in [6.07, 6.45) is 4.93. The number of amidine groups is 2. The van der Waals surface area contributed by atoms with Gasteiger partial charge in [0.05, 0.1) is 22.2 Å². The second-order valence-electron chi connectivity index (χ2n) is 12.2. The molecule has 0 spiro atoms. The van der Waals surface area contributed by atoms with E-state index in [1.165, 1.54) is 5.56 Å². The number of hydrogen-bond donors (Lipinski definition) is 2. The Kier molecular flexibility index (Phi) is 14.5. The molecule has 2 amide bonds. The van der Waals surface area contributed by atoms with Crippen LogP contribution in [0.2, 0.25) is 0 Å². The number of nitrogens with one attached hydrogen (secondary N) is 2. The molecule has 4 aromatic carbocycles. The molecule has 2 aliphatic carbocycles. The average Bonchev–Trinajstić information content (AvgIpc) is 4.08. The van der Waals surface area contributed by atoms with E-state index < -0.39 is 5.41 Å². The molecule has 0 unspecified atom stereocenters. The van der Waals surface area contributed by atoms with Crippen LogP contribution in [0.5, 0.6) is 11.5 Å². The second kappa shape index (κ2) is 19.0. The summed E-state index contributed by atoms with van der Waals surface area (Å²) in [7, 11) is 0. The Hall–Kier alpha value is -5.24. The molecule has 8 heteroatoms. The Balaban J connectivity index is 0.000000201. The van der Waals surface area contributed by atoms with E-state index in [1.54, 1.807) is 0 Å². The van der Waals surface area contributed by atoms with Crippen molar-refractivity contribution >= 4 is 34.9 Å². The molecule has 3 aliphatic heterocycles. The fraction of sp³-hybridized carbons (Fsp3) is 0.378. The predicted molar refractivity (Wildman–Crippen MR) is 217 cm³/mol. The smallest absolute Gasteiger partial charge is 0.235 e. The van der Waals surface area contributed by atoms with Gasteiger partial charge in [-0.3, -0.25) is 9.59 Å². The van der Waals surface area contributed by atoms with Gasteiger partial charge in [0.15, 0.2) is 11.5 Å². The van der Waals surface area contributed by atoms with Gasteiger partial charge in [-0.1, -0.05) is 128 Å². The Labute approximate surface area is 316 Å². The fourth-order valence-corrected chi connectivity index (χ4v) is 6.41. The summed E-state index contributed by atoms with van der Waals surface area (Å²) >= 11 is 0. The summed E-state index contributed by atoms with van der Waals surface area (Å²) in [5, 5.41) is 6.07. The minimum absolute atomic E-state index is 0.0212. The van der Waals surface area contributed by atoms with E-state index in [0.717, 1.165) is 76.9 Å². The molecule has 3 heterocycles. The van der Waals surface area contributed by atoms with Crippen molar-refractivity contribution < 1.29 is 19.1 Å². The van der Waals surface area contributed by atoms with Crippen molar-refractivity contribution in [1.82, 2.24) is 10.6 Å². The highest BCUT2D eigenvalue weighted by molar-refractivity contribution is 6.08. The van der Waals surface area contributed by atoms with Gasteiger partial charge in [-0.15, -0.1) is 0 Å². The van der Waals surface area contributed by atoms with Crippen molar-refractivity contribution in [2.45, 2.75) is 105 Å². The lowest BCUT2D eigenvalue weighted by atomic mass is 9.94. The molecular formula is C45H56N4O4. The number of carbonyl (C=O) groups excluding carboxylic acids is 2. The maximum absolute atomic E-state index is 12.9. The monoisotopic (exact) mass is 716 g/mol. The standard InChI is InChI=1S/C19H16N2O3.C18H16N2O.4C2H6/c22-18(21-17-9-12-3-1-2-4-14(12)20-17)19(7-8-19)13-5-6-15-16(10-13)24-11-23-15;21-17(18(10-11-18)14-7-2-1-3-8-14)20-16-12-13-6-4-5-9-15(13)19-16;4*1-2/h1-6,10H,7-9,11H2,(H,20,21,22);1-9H,10-12H2,(H,19,20,21);4*1-2H3. The minimum atomic E-state index is -0.460. The summed E-state index contributed by atoms with van der Waals surface area (Å²) in [6.45, 7) is 16.2. The predicted octanol–water partition coefficient (Wildman–Crippen LogP) is 10.1. The maximum Gasteiger partial charge on any atom is 0.235 e. The minimum Gasteiger partial charge on any atom is -0.454 e. The van der Waals surface area contributed by atoms with Crippen molar-refractivity contribution in [3.05, 3.63) is 119 Å². The Bertz CT molecular complexity index is 1890. The van der Waals surface area contributed by atoms with Crippen LogP contribution in [-0.2, 0) is 33.3 Å². The fourth-order valence-electron chi connectivity index (χ4n) is 6.41. The van der Waals surface area contributed by atoms with Crippen molar-refractivity contribution in [3.8, 4) is 11.5 Å². The number of hydrogen-bond acceptors (Lipinski definition) is 6. The zero-order valence-electron chi connectivity index (χ0n) is 32.7. The quantitative estimate of drug-likeness (QED) is 0.220. The highest BCUT2D eigenvalue weighted by Crippen LogP contribution is 2.51. The van der Waals surface area contributed by atoms with Gasteiger partial charge in [-0.05, 0) is 72.2 Å². The van der Waals surface area contributed by atoms with Crippen molar-refractivity contribution in [2.24, 2.45) is 9.98 Å².